The Kier molecular flexibility index (Phi) is 7.59. The standard InChI is InChI=1S/C28H33N5O2S/c29-20-21-9-10-25-23(18-21)19-26(36-25)33(28(30)34)12-3-2-11-31-13-15-32(16-14-31)24-8-5-7-22-6-1-4-17-35-27(22)24/h5,7-10,18-19H,1-4,6,11-17H2,(H2,30,34). The van der Waals surface area contributed by atoms with Crippen LogP contribution in [0.25, 0.3) is 10.1 Å². The summed E-state index contributed by atoms with van der Waals surface area (Å²) in [4.78, 5) is 18.8. The number of carbonyl (C=O) groups is 1. The van der Waals surface area contributed by atoms with E-state index in [0.717, 1.165) is 85.9 Å². The molecule has 2 N–H and O–H groups in total. The molecule has 1 fully saturated rings. The fourth-order valence-corrected chi connectivity index (χ4v) is 6.23. The van der Waals surface area contributed by atoms with Crippen LogP contribution >= 0.6 is 11.3 Å². The van der Waals surface area contributed by atoms with E-state index in [1.807, 2.05) is 18.2 Å². The molecule has 1 saturated heterocycles. The summed E-state index contributed by atoms with van der Waals surface area (Å²) < 4.78 is 7.19. The number of carbonyl (C=O) groups excluding carboxylic acids is 1. The van der Waals surface area contributed by atoms with Crippen LogP contribution in [0.15, 0.2) is 42.5 Å². The molecular weight excluding hydrogens is 470 g/mol. The molecule has 2 aromatic carbocycles. The van der Waals surface area contributed by atoms with E-state index in [2.05, 4.69) is 34.1 Å². The molecule has 188 valence electrons. The van der Waals surface area contributed by atoms with Crippen molar-refractivity contribution in [3.63, 3.8) is 0 Å². The van der Waals surface area contributed by atoms with Crippen molar-refractivity contribution in [1.82, 2.24) is 4.90 Å². The van der Waals surface area contributed by atoms with Crippen molar-refractivity contribution in [3.8, 4) is 11.8 Å². The van der Waals surface area contributed by atoms with Crippen molar-refractivity contribution in [2.75, 3.05) is 55.7 Å². The predicted octanol–water partition coefficient (Wildman–Crippen LogP) is 4.98. The highest BCUT2D eigenvalue weighted by Crippen LogP contribution is 2.36. The molecule has 0 radical (unpaired) electrons. The number of rotatable bonds is 7. The molecule has 0 saturated carbocycles. The summed E-state index contributed by atoms with van der Waals surface area (Å²) in [5.41, 5.74) is 8.92. The fraction of sp³-hybridized carbons (Fsp3) is 0.429. The fourth-order valence-electron chi connectivity index (χ4n) is 5.15. The number of aryl methyl sites for hydroxylation is 1. The van der Waals surface area contributed by atoms with Crippen molar-refractivity contribution in [1.29, 1.82) is 5.26 Å². The number of para-hydroxylation sites is 1. The molecule has 8 heteroatoms. The number of piperazine rings is 1. The molecule has 0 aliphatic carbocycles. The van der Waals surface area contributed by atoms with E-state index in [1.165, 1.54) is 29.0 Å². The summed E-state index contributed by atoms with van der Waals surface area (Å²) in [5.74, 6) is 1.10. The zero-order chi connectivity index (χ0) is 24.9. The summed E-state index contributed by atoms with van der Waals surface area (Å²) in [5, 5.41) is 10.9. The lowest BCUT2D eigenvalue weighted by molar-refractivity contribution is 0.248. The number of thiophene rings is 1. The third kappa shape index (κ3) is 5.43. The maximum absolute atomic E-state index is 12.2. The Balaban J connectivity index is 1.11. The van der Waals surface area contributed by atoms with Crippen LogP contribution in [0.3, 0.4) is 0 Å². The van der Waals surface area contributed by atoms with E-state index >= 15 is 0 Å². The smallest absolute Gasteiger partial charge is 0.319 e. The van der Waals surface area contributed by atoms with Crippen molar-refractivity contribution < 1.29 is 9.53 Å². The highest BCUT2D eigenvalue weighted by Gasteiger charge is 2.22. The Morgan fingerprint density at radius 3 is 2.78 bits per heavy atom. The number of fused-ring (bicyclic) bond motifs is 2. The number of benzene rings is 2. The average molecular weight is 504 g/mol. The zero-order valence-corrected chi connectivity index (χ0v) is 21.4. The van der Waals surface area contributed by atoms with Gasteiger partial charge in [-0.3, -0.25) is 9.80 Å². The lowest BCUT2D eigenvalue weighted by Gasteiger charge is -2.37. The van der Waals surface area contributed by atoms with Gasteiger partial charge in [-0.2, -0.15) is 5.26 Å². The minimum Gasteiger partial charge on any atom is -0.491 e. The topological polar surface area (TPSA) is 85.8 Å². The highest BCUT2D eigenvalue weighted by molar-refractivity contribution is 7.23. The SMILES string of the molecule is N#Cc1ccc2sc(N(CCCCN3CCN(c4cccc5c4OCCCC5)CC3)C(N)=O)cc2c1. The predicted molar refractivity (Wildman–Crippen MR) is 146 cm³/mol. The number of nitriles is 1. The number of unbranched alkanes of at least 4 members (excludes halogenated alkanes) is 1. The Morgan fingerprint density at radius 2 is 1.97 bits per heavy atom. The van der Waals surface area contributed by atoms with Gasteiger partial charge in [-0.05, 0) is 79.9 Å². The van der Waals surface area contributed by atoms with Gasteiger partial charge in [0.25, 0.3) is 0 Å². The van der Waals surface area contributed by atoms with Gasteiger partial charge in [-0.15, -0.1) is 11.3 Å². The number of hydrogen-bond donors (Lipinski definition) is 1. The minimum atomic E-state index is -0.431. The molecule has 3 heterocycles. The van der Waals surface area contributed by atoms with E-state index in [4.69, 9.17) is 15.7 Å². The average Bonchev–Trinajstić information content (AvgIpc) is 3.16. The van der Waals surface area contributed by atoms with Gasteiger partial charge >= 0.3 is 6.03 Å². The summed E-state index contributed by atoms with van der Waals surface area (Å²) >= 11 is 1.54. The lowest BCUT2D eigenvalue weighted by atomic mass is 10.1. The minimum absolute atomic E-state index is 0.431. The second-order valence-corrected chi connectivity index (χ2v) is 10.6. The van der Waals surface area contributed by atoms with Crippen molar-refractivity contribution >= 4 is 38.1 Å². The molecule has 2 amide bonds. The van der Waals surface area contributed by atoms with Gasteiger partial charge in [0.2, 0.25) is 0 Å². The Labute approximate surface area is 216 Å². The van der Waals surface area contributed by atoms with Crippen molar-refractivity contribution in [2.24, 2.45) is 5.73 Å². The highest BCUT2D eigenvalue weighted by atomic mass is 32.1. The van der Waals surface area contributed by atoms with Crippen molar-refractivity contribution in [3.05, 3.63) is 53.6 Å². The van der Waals surface area contributed by atoms with Gasteiger partial charge in [0.05, 0.1) is 23.9 Å². The molecular formula is C28H33N5O2S. The molecule has 7 nitrogen and oxygen atoms in total. The van der Waals surface area contributed by atoms with E-state index in [-0.39, 0.29) is 0 Å². The normalized spacial score (nSPS) is 16.1. The Morgan fingerprint density at radius 1 is 1.11 bits per heavy atom. The van der Waals surface area contributed by atoms with Gasteiger partial charge in [-0.1, -0.05) is 12.1 Å². The molecule has 2 aliphatic rings. The number of anilines is 2. The maximum Gasteiger partial charge on any atom is 0.319 e. The van der Waals surface area contributed by atoms with Gasteiger partial charge in [0, 0.05) is 37.4 Å². The molecule has 36 heavy (non-hydrogen) atoms. The molecule has 0 spiro atoms. The molecule has 3 aromatic rings. The van der Waals surface area contributed by atoms with Crippen LogP contribution in [0.4, 0.5) is 15.5 Å². The summed E-state index contributed by atoms with van der Waals surface area (Å²) in [7, 11) is 0. The monoisotopic (exact) mass is 503 g/mol. The third-order valence-electron chi connectivity index (χ3n) is 7.15. The summed E-state index contributed by atoms with van der Waals surface area (Å²) in [6.07, 6.45) is 5.33. The Hall–Kier alpha value is -3.28. The van der Waals surface area contributed by atoms with Gasteiger partial charge in [0.15, 0.2) is 0 Å². The number of urea groups is 1. The first-order chi connectivity index (χ1) is 17.6. The molecule has 0 unspecified atom stereocenters. The number of amides is 2. The van der Waals surface area contributed by atoms with E-state index in [0.29, 0.717) is 12.1 Å². The quantitative estimate of drug-likeness (QED) is 0.460. The number of nitrogens with zero attached hydrogens (tertiary/aromatic N) is 4. The van der Waals surface area contributed by atoms with E-state index in [9.17, 15) is 4.79 Å². The van der Waals surface area contributed by atoms with Gasteiger partial charge in [-0.25, -0.2) is 4.79 Å². The third-order valence-corrected chi connectivity index (χ3v) is 8.29. The number of primary amides is 1. The second kappa shape index (κ2) is 11.2. The summed E-state index contributed by atoms with van der Waals surface area (Å²) in [6, 6.07) is 15.9. The van der Waals surface area contributed by atoms with E-state index < -0.39 is 6.03 Å². The first kappa shape index (κ1) is 24.4. The van der Waals surface area contributed by atoms with Crippen LogP contribution < -0.4 is 20.3 Å². The van der Waals surface area contributed by atoms with Crippen LogP contribution in [0.5, 0.6) is 5.75 Å². The number of hydrogen-bond acceptors (Lipinski definition) is 6. The van der Waals surface area contributed by atoms with Crippen LogP contribution in [0, 0.1) is 11.3 Å². The van der Waals surface area contributed by atoms with E-state index in [1.54, 1.807) is 11.0 Å². The molecule has 0 atom stereocenters. The molecule has 5 rings (SSSR count). The maximum atomic E-state index is 12.2. The van der Waals surface area contributed by atoms with Gasteiger partial charge in [0.1, 0.15) is 10.8 Å². The number of ether oxygens (including phenoxy) is 1. The first-order valence-electron chi connectivity index (χ1n) is 12.8. The largest absolute Gasteiger partial charge is 0.491 e. The first-order valence-corrected chi connectivity index (χ1v) is 13.7. The summed E-state index contributed by atoms with van der Waals surface area (Å²) in [6.45, 7) is 6.48. The van der Waals surface area contributed by atoms with Crippen LogP contribution in [0.1, 0.15) is 36.8 Å². The van der Waals surface area contributed by atoms with Crippen LogP contribution in [0.2, 0.25) is 0 Å². The molecule has 2 aliphatic heterocycles. The lowest BCUT2D eigenvalue weighted by Crippen LogP contribution is -2.47. The Bertz CT molecular complexity index is 1260. The van der Waals surface area contributed by atoms with Crippen LogP contribution in [-0.4, -0.2) is 56.8 Å². The molecule has 1 aromatic heterocycles. The van der Waals surface area contributed by atoms with Crippen LogP contribution in [-0.2, 0) is 6.42 Å². The van der Waals surface area contributed by atoms with Crippen molar-refractivity contribution in [2.45, 2.75) is 32.1 Å². The number of nitrogens with two attached hydrogens (primary N) is 1. The zero-order valence-electron chi connectivity index (χ0n) is 20.6. The molecule has 0 bridgehead atoms. The van der Waals surface area contributed by atoms with Gasteiger partial charge < -0.3 is 15.4 Å². The second-order valence-electron chi connectivity index (χ2n) is 9.55.